The van der Waals surface area contributed by atoms with Gasteiger partial charge >= 0.3 is 0 Å². The quantitative estimate of drug-likeness (QED) is 0.268. The van der Waals surface area contributed by atoms with Crippen molar-refractivity contribution >= 4 is 50.6 Å². The van der Waals surface area contributed by atoms with Gasteiger partial charge in [-0.1, -0.05) is 90.5 Å². The van der Waals surface area contributed by atoms with Crippen molar-refractivity contribution in [2.75, 3.05) is 4.90 Å². The molecule has 0 saturated heterocycles. The van der Waals surface area contributed by atoms with Crippen LogP contribution < -0.4 is 4.90 Å². The summed E-state index contributed by atoms with van der Waals surface area (Å²) in [5.41, 5.74) is 7.08. The van der Waals surface area contributed by atoms with E-state index in [1.165, 1.54) is 11.1 Å². The highest BCUT2D eigenvalue weighted by molar-refractivity contribution is 6.30. The molecule has 0 amide bonds. The van der Waals surface area contributed by atoms with E-state index in [9.17, 15) is 0 Å². The SMILES string of the molecule is Clc1cccc(N(c2ccc(-c3ccccc3)cc2)c2cccc3c2oc2ccccc23)c1. The summed E-state index contributed by atoms with van der Waals surface area (Å²) in [6.07, 6.45) is 0. The molecule has 0 aliphatic carbocycles. The molecule has 0 aliphatic rings. The highest BCUT2D eigenvalue weighted by atomic mass is 35.5. The van der Waals surface area contributed by atoms with E-state index in [4.69, 9.17) is 16.0 Å². The van der Waals surface area contributed by atoms with Gasteiger partial charge in [0.15, 0.2) is 5.58 Å². The smallest absolute Gasteiger partial charge is 0.159 e. The molecule has 3 heteroatoms. The van der Waals surface area contributed by atoms with Gasteiger partial charge in [0.2, 0.25) is 0 Å². The lowest BCUT2D eigenvalue weighted by atomic mass is 10.0. The summed E-state index contributed by atoms with van der Waals surface area (Å²) in [5.74, 6) is 0. The lowest BCUT2D eigenvalue weighted by Crippen LogP contribution is -2.10. The molecular formula is C30H20ClNO. The van der Waals surface area contributed by atoms with Crippen LogP contribution in [-0.4, -0.2) is 0 Å². The predicted octanol–water partition coefficient (Wildman–Crippen LogP) is 9.38. The third kappa shape index (κ3) is 3.55. The number of anilines is 3. The van der Waals surface area contributed by atoms with Crippen LogP contribution in [0.4, 0.5) is 17.1 Å². The predicted molar refractivity (Wildman–Crippen MR) is 139 cm³/mol. The van der Waals surface area contributed by atoms with Gasteiger partial charge in [-0.15, -0.1) is 0 Å². The largest absolute Gasteiger partial charge is 0.454 e. The molecule has 1 aromatic heterocycles. The number of fused-ring (bicyclic) bond motifs is 3. The van der Waals surface area contributed by atoms with Crippen LogP contribution >= 0.6 is 11.6 Å². The third-order valence-electron chi connectivity index (χ3n) is 5.92. The fourth-order valence-corrected chi connectivity index (χ4v) is 4.57. The molecule has 0 bridgehead atoms. The Labute approximate surface area is 197 Å². The summed E-state index contributed by atoms with van der Waals surface area (Å²) in [4.78, 5) is 2.20. The standard InChI is InChI=1S/C30H20ClNO/c31-23-10-6-11-25(20-23)32(24-18-16-22(17-19-24)21-8-2-1-3-9-21)28-14-7-13-27-26-12-4-5-15-29(26)33-30(27)28/h1-20H. The van der Waals surface area contributed by atoms with E-state index in [2.05, 4.69) is 83.8 Å². The Balaban J connectivity index is 1.55. The normalized spacial score (nSPS) is 11.2. The molecule has 0 saturated carbocycles. The lowest BCUT2D eigenvalue weighted by molar-refractivity contribution is 0.669. The molecule has 33 heavy (non-hydrogen) atoms. The highest BCUT2D eigenvalue weighted by Crippen LogP contribution is 2.42. The number of hydrogen-bond donors (Lipinski definition) is 0. The Morgan fingerprint density at radius 1 is 0.545 bits per heavy atom. The van der Waals surface area contributed by atoms with E-state index in [0.717, 1.165) is 39.0 Å². The first-order valence-electron chi connectivity index (χ1n) is 10.9. The molecule has 0 atom stereocenters. The van der Waals surface area contributed by atoms with Gasteiger partial charge in [0, 0.05) is 27.2 Å². The molecule has 0 radical (unpaired) electrons. The highest BCUT2D eigenvalue weighted by Gasteiger charge is 2.19. The Morgan fingerprint density at radius 2 is 1.24 bits per heavy atom. The van der Waals surface area contributed by atoms with Gasteiger partial charge in [0.1, 0.15) is 5.58 Å². The van der Waals surface area contributed by atoms with Crippen LogP contribution in [0, 0.1) is 0 Å². The fourth-order valence-electron chi connectivity index (χ4n) is 4.38. The topological polar surface area (TPSA) is 16.4 Å². The zero-order valence-electron chi connectivity index (χ0n) is 17.8. The Morgan fingerprint density at radius 3 is 2.06 bits per heavy atom. The summed E-state index contributed by atoms with van der Waals surface area (Å²) < 4.78 is 6.36. The van der Waals surface area contributed by atoms with E-state index in [0.29, 0.717) is 5.02 Å². The molecule has 2 nitrogen and oxygen atoms in total. The molecule has 6 aromatic rings. The van der Waals surface area contributed by atoms with Gasteiger partial charge in [-0.2, -0.15) is 0 Å². The summed E-state index contributed by atoms with van der Waals surface area (Å²) in [6.45, 7) is 0. The Hall–Kier alpha value is -4.01. The second-order valence-corrected chi connectivity index (χ2v) is 8.42. The van der Waals surface area contributed by atoms with Gasteiger partial charge in [0.05, 0.1) is 5.69 Å². The van der Waals surface area contributed by atoms with Crippen LogP contribution in [0.3, 0.4) is 0 Å². The first kappa shape index (κ1) is 19.7. The molecule has 0 spiro atoms. The molecular weight excluding hydrogens is 426 g/mol. The number of halogens is 1. The molecule has 6 rings (SSSR count). The summed E-state index contributed by atoms with van der Waals surface area (Å²) in [5, 5.41) is 2.89. The van der Waals surface area contributed by atoms with Crippen molar-refractivity contribution in [3.05, 3.63) is 126 Å². The second-order valence-electron chi connectivity index (χ2n) is 7.98. The number of rotatable bonds is 4. The number of furan rings is 1. The lowest BCUT2D eigenvalue weighted by Gasteiger charge is -2.26. The summed E-state index contributed by atoms with van der Waals surface area (Å²) in [7, 11) is 0. The van der Waals surface area contributed by atoms with Crippen LogP contribution in [0.25, 0.3) is 33.1 Å². The van der Waals surface area contributed by atoms with Gasteiger partial charge in [-0.3, -0.25) is 0 Å². The maximum Gasteiger partial charge on any atom is 0.159 e. The minimum absolute atomic E-state index is 0.690. The van der Waals surface area contributed by atoms with Crippen molar-refractivity contribution in [1.82, 2.24) is 0 Å². The van der Waals surface area contributed by atoms with E-state index in [1.807, 2.05) is 42.5 Å². The number of hydrogen-bond acceptors (Lipinski definition) is 2. The fraction of sp³-hybridized carbons (Fsp3) is 0. The maximum atomic E-state index is 6.40. The molecule has 5 aromatic carbocycles. The number of benzene rings is 5. The van der Waals surface area contributed by atoms with Crippen LogP contribution in [0.15, 0.2) is 126 Å². The minimum atomic E-state index is 0.690. The molecule has 0 unspecified atom stereocenters. The Bertz CT molecular complexity index is 1570. The maximum absolute atomic E-state index is 6.40. The van der Waals surface area contributed by atoms with E-state index >= 15 is 0 Å². The van der Waals surface area contributed by atoms with Crippen LogP contribution in [0.2, 0.25) is 5.02 Å². The second kappa shape index (κ2) is 8.16. The monoisotopic (exact) mass is 445 g/mol. The average Bonchev–Trinajstić information content (AvgIpc) is 3.25. The molecule has 0 N–H and O–H groups in total. The van der Waals surface area contributed by atoms with E-state index in [1.54, 1.807) is 0 Å². The van der Waals surface area contributed by atoms with Gasteiger partial charge in [-0.05, 0) is 53.6 Å². The zero-order chi connectivity index (χ0) is 22.2. The van der Waals surface area contributed by atoms with E-state index in [-0.39, 0.29) is 0 Å². The molecule has 0 aliphatic heterocycles. The van der Waals surface area contributed by atoms with Crippen LogP contribution in [0.1, 0.15) is 0 Å². The summed E-state index contributed by atoms with van der Waals surface area (Å²) >= 11 is 6.40. The number of para-hydroxylation sites is 2. The molecule has 0 fully saturated rings. The van der Waals surface area contributed by atoms with Crippen molar-refractivity contribution in [1.29, 1.82) is 0 Å². The van der Waals surface area contributed by atoms with Crippen LogP contribution in [-0.2, 0) is 0 Å². The first-order chi connectivity index (χ1) is 16.3. The van der Waals surface area contributed by atoms with Crippen molar-refractivity contribution in [2.45, 2.75) is 0 Å². The van der Waals surface area contributed by atoms with Gasteiger partial charge in [-0.25, -0.2) is 0 Å². The minimum Gasteiger partial charge on any atom is -0.454 e. The van der Waals surface area contributed by atoms with Gasteiger partial charge < -0.3 is 9.32 Å². The summed E-state index contributed by atoms with van der Waals surface area (Å²) in [6, 6.07) is 41.3. The van der Waals surface area contributed by atoms with Crippen molar-refractivity contribution in [3.63, 3.8) is 0 Å². The van der Waals surface area contributed by atoms with Crippen molar-refractivity contribution < 1.29 is 4.42 Å². The van der Waals surface area contributed by atoms with Crippen LogP contribution in [0.5, 0.6) is 0 Å². The molecule has 158 valence electrons. The average molecular weight is 446 g/mol. The Kier molecular flexibility index (Phi) is 4.86. The molecule has 1 heterocycles. The number of nitrogens with zero attached hydrogens (tertiary/aromatic N) is 1. The van der Waals surface area contributed by atoms with E-state index < -0.39 is 0 Å². The van der Waals surface area contributed by atoms with Gasteiger partial charge in [0.25, 0.3) is 0 Å². The van der Waals surface area contributed by atoms with Crippen molar-refractivity contribution in [3.8, 4) is 11.1 Å². The zero-order valence-corrected chi connectivity index (χ0v) is 18.5. The third-order valence-corrected chi connectivity index (χ3v) is 6.16. The van der Waals surface area contributed by atoms with Crippen molar-refractivity contribution in [2.24, 2.45) is 0 Å². The first-order valence-corrected chi connectivity index (χ1v) is 11.3.